The van der Waals surface area contributed by atoms with Crippen LogP contribution in [0.1, 0.15) is 61.3 Å². The van der Waals surface area contributed by atoms with Gasteiger partial charge >= 0.3 is 23.2 Å². The van der Waals surface area contributed by atoms with Gasteiger partial charge in [-0.15, -0.1) is 0 Å². The van der Waals surface area contributed by atoms with Gasteiger partial charge in [0.15, 0.2) is 0 Å². The normalized spacial score (nSPS) is 21.0. The van der Waals surface area contributed by atoms with Gasteiger partial charge in [-0.25, -0.2) is 0 Å². The van der Waals surface area contributed by atoms with E-state index in [9.17, 15) is 23.9 Å². The number of anilines is 3. The van der Waals surface area contributed by atoms with Crippen molar-refractivity contribution < 1.29 is 28.6 Å². The summed E-state index contributed by atoms with van der Waals surface area (Å²) in [6, 6.07) is 6.99. The third-order valence-electron chi connectivity index (χ3n) is 6.04. The van der Waals surface area contributed by atoms with Crippen LogP contribution in [0.3, 0.4) is 0 Å². The van der Waals surface area contributed by atoms with Crippen molar-refractivity contribution in [2.24, 2.45) is 4.99 Å². The molecule has 5 N–H and O–H groups in total. The van der Waals surface area contributed by atoms with E-state index in [1.165, 1.54) is 12.1 Å². The van der Waals surface area contributed by atoms with E-state index in [0.717, 1.165) is 18.9 Å². The topological polar surface area (TPSA) is 115 Å². The van der Waals surface area contributed by atoms with Gasteiger partial charge in [-0.3, -0.25) is 15.0 Å². The van der Waals surface area contributed by atoms with Crippen LogP contribution in [0.15, 0.2) is 35.3 Å². The largest absolute Gasteiger partial charge is 0.398 e. The molecule has 0 atom stereocenters. The molecule has 1 aliphatic rings. The number of hydrogen-bond donors (Lipinski definition) is 4. The first-order chi connectivity index (χ1) is 15.8. The standard InChI is InChI=1S/C24H31F2N5O3/c1-23(33)10-8-16(9-11-23)28-14-15-12-18(20(30(3)4)13-17(15)27)29-22(32)19-6-5-7-21(31(19)34)24(2,25)26/h5-7,12-14,16,27,32-34H,8-11H2,1-4H3/p+1. The molecule has 8 nitrogen and oxygen atoms in total. The summed E-state index contributed by atoms with van der Waals surface area (Å²) in [7, 11) is 3.55. The average molecular weight is 477 g/mol. The quantitative estimate of drug-likeness (QED) is 0.221. The third kappa shape index (κ3) is 5.80. The molecule has 3 rings (SSSR count). The lowest BCUT2D eigenvalue weighted by molar-refractivity contribution is -0.914. The second kappa shape index (κ2) is 9.54. The Bertz CT molecular complexity index is 1090. The molecule has 0 radical (unpaired) electrons. The molecule has 0 spiro atoms. The molecule has 34 heavy (non-hydrogen) atoms. The van der Waals surface area contributed by atoms with Crippen molar-refractivity contribution in [1.29, 1.82) is 0 Å². The van der Waals surface area contributed by atoms with Gasteiger partial charge in [-0.1, -0.05) is 0 Å². The highest BCUT2D eigenvalue weighted by Crippen LogP contribution is 2.32. The summed E-state index contributed by atoms with van der Waals surface area (Å²) < 4.78 is 27.7. The Morgan fingerprint density at radius 3 is 2.56 bits per heavy atom. The minimum Gasteiger partial charge on any atom is -0.398 e. The second-order valence-corrected chi connectivity index (χ2v) is 9.35. The van der Waals surface area contributed by atoms with Gasteiger partial charge in [0.1, 0.15) is 0 Å². The van der Waals surface area contributed by atoms with E-state index < -0.39 is 23.1 Å². The Hall–Kier alpha value is -3.27. The summed E-state index contributed by atoms with van der Waals surface area (Å²) in [5.41, 5.74) is 6.54. The first-order valence-electron chi connectivity index (χ1n) is 11.1. The van der Waals surface area contributed by atoms with Crippen LogP contribution in [0.25, 0.3) is 0 Å². The molecule has 0 bridgehead atoms. The molecular formula is C24H32F2N5O3+. The summed E-state index contributed by atoms with van der Waals surface area (Å²) in [6.07, 6.45) is 4.51. The maximum Gasteiger partial charge on any atom is 0.332 e. The van der Waals surface area contributed by atoms with Crippen LogP contribution in [-0.2, 0) is 5.92 Å². The van der Waals surface area contributed by atoms with Crippen LogP contribution in [0.5, 0.6) is 0 Å². The predicted octanol–water partition coefficient (Wildman–Crippen LogP) is 3.34. The number of benzene rings is 1. The van der Waals surface area contributed by atoms with Crippen molar-refractivity contribution in [3.63, 3.8) is 0 Å². The van der Waals surface area contributed by atoms with Gasteiger partial charge < -0.3 is 21.1 Å². The molecule has 1 heterocycles. The number of nitrogens with two attached hydrogens (primary N) is 1. The number of pyridine rings is 1. The number of alkyl halides is 2. The maximum atomic E-state index is 13.8. The molecule has 1 amide bonds. The number of aromatic nitrogens is 1. The molecule has 2 aromatic rings. The van der Waals surface area contributed by atoms with Crippen LogP contribution in [0.4, 0.5) is 25.8 Å². The fraction of sp³-hybridized carbons (Fsp3) is 0.458. The first kappa shape index (κ1) is 25.4. The number of amides is 1. The fourth-order valence-electron chi connectivity index (χ4n) is 3.95. The minimum atomic E-state index is -3.34. The molecule has 10 heteroatoms. The van der Waals surface area contributed by atoms with Gasteiger partial charge in [0, 0.05) is 55.3 Å². The first-order valence-corrected chi connectivity index (χ1v) is 11.1. The van der Waals surface area contributed by atoms with E-state index in [0.29, 0.717) is 42.4 Å². The van der Waals surface area contributed by atoms with E-state index in [4.69, 9.17) is 5.73 Å². The molecule has 0 saturated heterocycles. The van der Waals surface area contributed by atoms with Crippen LogP contribution < -0.4 is 20.7 Å². The monoisotopic (exact) mass is 476 g/mol. The molecule has 1 saturated carbocycles. The predicted molar refractivity (Wildman–Crippen MR) is 127 cm³/mol. The molecule has 184 valence electrons. The minimum absolute atomic E-state index is 0.0676. The number of carbonyl (C=O) groups is 1. The van der Waals surface area contributed by atoms with Crippen LogP contribution in [-0.4, -0.2) is 48.2 Å². The summed E-state index contributed by atoms with van der Waals surface area (Å²) in [4.78, 5) is 19.3. The summed E-state index contributed by atoms with van der Waals surface area (Å²) in [5.74, 6) is -4.10. The lowest BCUT2D eigenvalue weighted by Crippen LogP contribution is -2.46. The molecule has 0 aliphatic heterocycles. The van der Waals surface area contributed by atoms with Crippen molar-refractivity contribution >= 4 is 29.2 Å². The smallest absolute Gasteiger partial charge is 0.332 e. The summed E-state index contributed by atoms with van der Waals surface area (Å²) >= 11 is 0. The van der Waals surface area contributed by atoms with Gasteiger partial charge in [0.05, 0.1) is 23.0 Å². The lowest BCUT2D eigenvalue weighted by atomic mass is 9.84. The number of nitrogens with zero attached hydrogens (tertiary/aromatic N) is 3. The SMILES string of the molecule is CN(C)c1cc(N)c(C=NC2CCC(C)(O)CC2)cc1NC(=O)c1cccc(C(C)(F)F)[n+]1O. The molecule has 1 aromatic heterocycles. The number of nitrogen functional groups attached to an aromatic ring is 1. The van der Waals surface area contributed by atoms with E-state index in [2.05, 4.69) is 10.3 Å². The van der Waals surface area contributed by atoms with Gasteiger partial charge in [-0.2, -0.15) is 8.78 Å². The van der Waals surface area contributed by atoms with Crippen molar-refractivity contribution in [2.45, 2.75) is 57.1 Å². The zero-order chi connectivity index (χ0) is 25.3. The number of carbonyl (C=O) groups excluding carboxylic acids is 1. The summed E-state index contributed by atoms with van der Waals surface area (Å²) in [6.45, 7) is 2.47. The van der Waals surface area contributed by atoms with E-state index >= 15 is 0 Å². The Morgan fingerprint density at radius 2 is 1.97 bits per heavy atom. The second-order valence-electron chi connectivity index (χ2n) is 9.35. The van der Waals surface area contributed by atoms with Crippen LogP contribution in [0, 0.1) is 0 Å². The Kier molecular flexibility index (Phi) is 7.11. The number of aliphatic imine (C=N–C) groups is 1. The summed E-state index contributed by atoms with van der Waals surface area (Å²) in [5, 5.41) is 23.0. The fourth-order valence-corrected chi connectivity index (χ4v) is 3.95. The Balaban J connectivity index is 1.89. The zero-order valence-electron chi connectivity index (χ0n) is 19.8. The average Bonchev–Trinajstić information content (AvgIpc) is 2.73. The van der Waals surface area contributed by atoms with Crippen molar-refractivity contribution in [2.75, 3.05) is 30.0 Å². The highest BCUT2D eigenvalue weighted by molar-refractivity contribution is 6.05. The Labute approximate surface area is 197 Å². The van der Waals surface area contributed by atoms with Crippen LogP contribution >= 0.6 is 0 Å². The molecule has 1 fully saturated rings. The third-order valence-corrected chi connectivity index (χ3v) is 6.04. The van der Waals surface area contributed by atoms with E-state index in [1.807, 2.05) is 6.92 Å². The van der Waals surface area contributed by atoms with Crippen molar-refractivity contribution in [1.82, 2.24) is 0 Å². The number of hydrogen-bond acceptors (Lipinski definition) is 6. The maximum absolute atomic E-state index is 13.8. The van der Waals surface area contributed by atoms with E-state index in [-0.39, 0.29) is 16.5 Å². The molecular weight excluding hydrogens is 444 g/mol. The van der Waals surface area contributed by atoms with E-state index in [1.54, 1.807) is 37.3 Å². The zero-order valence-corrected chi connectivity index (χ0v) is 19.8. The highest BCUT2D eigenvalue weighted by atomic mass is 19.3. The van der Waals surface area contributed by atoms with Gasteiger partial charge in [-0.05, 0) is 50.8 Å². The highest BCUT2D eigenvalue weighted by Gasteiger charge is 2.39. The van der Waals surface area contributed by atoms with Crippen LogP contribution in [0.2, 0.25) is 0 Å². The number of nitrogens with one attached hydrogen (secondary N) is 1. The van der Waals surface area contributed by atoms with Crippen molar-refractivity contribution in [3.8, 4) is 0 Å². The molecule has 0 unspecified atom stereocenters. The number of rotatable bonds is 6. The number of halogens is 2. The Morgan fingerprint density at radius 1 is 1.32 bits per heavy atom. The lowest BCUT2D eigenvalue weighted by Gasteiger charge is -2.31. The van der Waals surface area contributed by atoms with Crippen molar-refractivity contribution in [3.05, 3.63) is 47.3 Å². The van der Waals surface area contributed by atoms with Gasteiger partial charge in [0.25, 0.3) is 0 Å². The van der Waals surface area contributed by atoms with Gasteiger partial charge in [0.2, 0.25) is 0 Å². The molecule has 1 aliphatic carbocycles. The number of aliphatic hydroxyl groups is 1. The molecule has 1 aromatic carbocycles.